The molecule has 2 amide bonds. The highest BCUT2D eigenvalue weighted by Crippen LogP contribution is 2.25. The van der Waals surface area contributed by atoms with Crippen molar-refractivity contribution < 1.29 is 24.0 Å². The summed E-state index contributed by atoms with van der Waals surface area (Å²) in [6.45, 7) is -0.516. The lowest BCUT2D eigenvalue weighted by Gasteiger charge is -2.22. The SMILES string of the molecule is NC(=O)CCN(C(=O)COC(=O)/C=C/c1ccc(Cl)c([N+](=O)[O-])c1)c1ccccc1. The number of para-hydroxylation sites is 1. The van der Waals surface area contributed by atoms with Crippen LogP contribution in [0.1, 0.15) is 12.0 Å². The molecule has 0 bridgehead atoms. The van der Waals surface area contributed by atoms with Gasteiger partial charge in [0.05, 0.1) is 4.92 Å². The molecule has 0 atom stereocenters. The molecule has 10 heteroatoms. The maximum absolute atomic E-state index is 12.5. The highest BCUT2D eigenvalue weighted by Gasteiger charge is 2.18. The van der Waals surface area contributed by atoms with E-state index in [2.05, 4.69) is 0 Å². The maximum atomic E-state index is 12.5. The van der Waals surface area contributed by atoms with E-state index in [1.807, 2.05) is 0 Å². The topological polar surface area (TPSA) is 133 Å². The second-order valence-corrected chi connectivity index (χ2v) is 6.41. The number of anilines is 1. The van der Waals surface area contributed by atoms with Gasteiger partial charge in [-0.1, -0.05) is 35.9 Å². The van der Waals surface area contributed by atoms with Crippen LogP contribution < -0.4 is 10.6 Å². The van der Waals surface area contributed by atoms with Gasteiger partial charge in [0, 0.05) is 30.8 Å². The number of amides is 2. The smallest absolute Gasteiger partial charge is 0.331 e. The zero-order valence-corrected chi connectivity index (χ0v) is 16.4. The van der Waals surface area contributed by atoms with Gasteiger partial charge in [-0.25, -0.2) is 4.79 Å². The molecule has 0 aliphatic carbocycles. The van der Waals surface area contributed by atoms with E-state index in [1.54, 1.807) is 30.3 Å². The van der Waals surface area contributed by atoms with E-state index in [1.165, 1.54) is 29.2 Å². The third-order valence-corrected chi connectivity index (χ3v) is 4.19. The summed E-state index contributed by atoms with van der Waals surface area (Å²) in [5.74, 6) is -1.92. The summed E-state index contributed by atoms with van der Waals surface area (Å²) in [7, 11) is 0. The van der Waals surface area contributed by atoms with Gasteiger partial charge in [0.1, 0.15) is 5.02 Å². The Balaban J connectivity index is 2.00. The number of hydrogen-bond donors (Lipinski definition) is 1. The molecule has 0 unspecified atom stereocenters. The molecule has 0 spiro atoms. The van der Waals surface area contributed by atoms with Crippen molar-refractivity contribution in [2.45, 2.75) is 6.42 Å². The van der Waals surface area contributed by atoms with Crippen LogP contribution in [0.25, 0.3) is 6.08 Å². The van der Waals surface area contributed by atoms with Crippen molar-refractivity contribution in [1.29, 1.82) is 0 Å². The number of benzene rings is 2. The van der Waals surface area contributed by atoms with Crippen LogP contribution >= 0.6 is 11.6 Å². The monoisotopic (exact) mass is 431 g/mol. The second kappa shape index (κ2) is 10.7. The normalized spacial score (nSPS) is 10.6. The fourth-order valence-electron chi connectivity index (χ4n) is 2.42. The van der Waals surface area contributed by atoms with E-state index in [0.717, 1.165) is 6.08 Å². The first-order valence-corrected chi connectivity index (χ1v) is 9.08. The van der Waals surface area contributed by atoms with Gasteiger partial charge in [-0.3, -0.25) is 19.7 Å². The van der Waals surface area contributed by atoms with Gasteiger partial charge in [-0.15, -0.1) is 0 Å². The molecule has 2 aromatic rings. The maximum Gasteiger partial charge on any atom is 0.331 e. The minimum Gasteiger partial charge on any atom is -0.452 e. The summed E-state index contributed by atoms with van der Waals surface area (Å²) in [5.41, 5.74) is 5.75. The van der Waals surface area contributed by atoms with E-state index < -0.39 is 29.3 Å². The van der Waals surface area contributed by atoms with Crippen LogP contribution in [0.2, 0.25) is 5.02 Å². The van der Waals surface area contributed by atoms with Crippen LogP contribution in [0.5, 0.6) is 0 Å². The Morgan fingerprint density at radius 2 is 1.87 bits per heavy atom. The van der Waals surface area contributed by atoms with E-state index in [4.69, 9.17) is 22.1 Å². The number of primary amides is 1. The number of nitrogens with zero attached hydrogens (tertiary/aromatic N) is 2. The number of carbonyl (C=O) groups is 3. The van der Waals surface area contributed by atoms with Gasteiger partial charge < -0.3 is 15.4 Å². The van der Waals surface area contributed by atoms with Crippen molar-refractivity contribution in [3.63, 3.8) is 0 Å². The van der Waals surface area contributed by atoms with E-state index in [0.29, 0.717) is 11.3 Å². The number of nitrogens with two attached hydrogens (primary N) is 1. The van der Waals surface area contributed by atoms with Gasteiger partial charge in [0.2, 0.25) is 5.91 Å². The van der Waals surface area contributed by atoms with Gasteiger partial charge in [-0.2, -0.15) is 0 Å². The third-order valence-electron chi connectivity index (χ3n) is 3.87. The summed E-state index contributed by atoms with van der Waals surface area (Å²) < 4.78 is 4.94. The van der Waals surface area contributed by atoms with Crippen molar-refractivity contribution in [2.75, 3.05) is 18.1 Å². The van der Waals surface area contributed by atoms with E-state index in [9.17, 15) is 24.5 Å². The molecule has 0 saturated carbocycles. The van der Waals surface area contributed by atoms with E-state index in [-0.39, 0.29) is 23.7 Å². The highest BCUT2D eigenvalue weighted by atomic mass is 35.5. The average molecular weight is 432 g/mol. The van der Waals surface area contributed by atoms with Gasteiger partial charge in [0.15, 0.2) is 6.61 Å². The van der Waals surface area contributed by atoms with Gasteiger partial charge >= 0.3 is 5.97 Å². The first-order chi connectivity index (χ1) is 14.3. The standard InChI is InChI=1S/C20H18ClN3O6/c21-16-8-6-14(12-17(16)24(28)29)7-9-20(27)30-13-19(26)23(11-10-18(22)25)15-4-2-1-3-5-15/h1-9,12H,10-11,13H2,(H2,22,25)/b9-7+. The number of nitro benzene ring substituents is 1. The molecular weight excluding hydrogens is 414 g/mol. The molecule has 2 rings (SSSR count). The van der Waals surface area contributed by atoms with Gasteiger partial charge in [0.25, 0.3) is 11.6 Å². The van der Waals surface area contributed by atoms with Gasteiger partial charge in [-0.05, 0) is 29.8 Å². The molecule has 0 aliphatic rings. The largest absolute Gasteiger partial charge is 0.452 e. The van der Waals surface area contributed by atoms with E-state index >= 15 is 0 Å². The van der Waals surface area contributed by atoms with Crippen LogP contribution in [-0.2, 0) is 19.1 Å². The minimum absolute atomic E-state index is 0.0257. The Hall–Kier alpha value is -3.72. The number of ether oxygens (including phenoxy) is 1. The molecule has 2 N–H and O–H groups in total. The third kappa shape index (κ3) is 6.71. The molecule has 0 radical (unpaired) electrons. The lowest BCUT2D eigenvalue weighted by molar-refractivity contribution is -0.384. The van der Waals surface area contributed by atoms with Crippen LogP contribution in [0, 0.1) is 10.1 Å². The average Bonchev–Trinajstić information content (AvgIpc) is 2.72. The molecule has 0 aromatic heterocycles. The molecule has 0 aliphatic heterocycles. The molecule has 2 aromatic carbocycles. The van der Waals surface area contributed by atoms with Crippen molar-refractivity contribution in [1.82, 2.24) is 0 Å². The van der Waals surface area contributed by atoms with Crippen LogP contribution in [0.15, 0.2) is 54.6 Å². The van der Waals surface area contributed by atoms with Crippen molar-refractivity contribution >= 4 is 46.8 Å². The molecule has 0 fully saturated rings. The first-order valence-electron chi connectivity index (χ1n) is 8.70. The summed E-state index contributed by atoms with van der Waals surface area (Å²) >= 11 is 5.74. The predicted molar refractivity (Wildman–Crippen MR) is 111 cm³/mol. The fourth-order valence-corrected chi connectivity index (χ4v) is 2.61. The molecule has 30 heavy (non-hydrogen) atoms. The summed E-state index contributed by atoms with van der Waals surface area (Å²) in [6, 6.07) is 12.6. The Bertz CT molecular complexity index is 978. The lowest BCUT2D eigenvalue weighted by Crippen LogP contribution is -2.37. The van der Waals surface area contributed by atoms with Crippen molar-refractivity contribution in [2.24, 2.45) is 5.73 Å². The highest BCUT2D eigenvalue weighted by molar-refractivity contribution is 6.32. The fraction of sp³-hybridized carbons (Fsp3) is 0.150. The van der Waals surface area contributed by atoms with Crippen molar-refractivity contribution in [3.8, 4) is 0 Å². The summed E-state index contributed by atoms with van der Waals surface area (Å²) in [5, 5.41) is 10.9. The number of halogens is 1. The molecule has 0 saturated heterocycles. The predicted octanol–water partition coefficient (Wildman–Crippen LogP) is 2.71. The number of carbonyl (C=O) groups excluding carboxylic acids is 3. The number of hydrogen-bond acceptors (Lipinski definition) is 6. The molecular formula is C20H18ClN3O6. The number of nitro groups is 1. The van der Waals surface area contributed by atoms with Crippen LogP contribution in [0.3, 0.4) is 0 Å². The quantitative estimate of drug-likeness (QED) is 0.281. The Morgan fingerprint density at radius 3 is 2.50 bits per heavy atom. The Morgan fingerprint density at radius 1 is 1.17 bits per heavy atom. The van der Waals surface area contributed by atoms with Crippen molar-refractivity contribution in [3.05, 3.63) is 75.3 Å². The Kier molecular flexibility index (Phi) is 8.07. The molecule has 0 heterocycles. The molecule has 156 valence electrons. The zero-order valence-electron chi connectivity index (χ0n) is 15.7. The first kappa shape index (κ1) is 22.6. The van der Waals surface area contributed by atoms with Crippen LogP contribution in [0.4, 0.5) is 11.4 Å². The number of rotatable bonds is 9. The number of esters is 1. The lowest BCUT2D eigenvalue weighted by atomic mass is 10.2. The zero-order chi connectivity index (χ0) is 22.1. The summed E-state index contributed by atoms with van der Waals surface area (Å²) in [6.07, 6.45) is 2.29. The second-order valence-electron chi connectivity index (χ2n) is 6.01. The Labute approximate surface area is 176 Å². The summed E-state index contributed by atoms with van der Waals surface area (Å²) in [4.78, 5) is 47.0. The minimum atomic E-state index is -0.816. The van der Waals surface area contributed by atoms with Crippen LogP contribution in [-0.4, -0.2) is 35.9 Å². The molecule has 9 nitrogen and oxygen atoms in total.